The SMILES string of the molecule is COc1ccc(-c2cncc(C(=O)Nc3cc(OC)c(OC)c(OC)c3)c2)cc1. The van der Waals surface area contributed by atoms with Gasteiger partial charge in [0.15, 0.2) is 11.5 Å². The van der Waals surface area contributed by atoms with Gasteiger partial charge in [0.05, 0.1) is 34.0 Å². The molecule has 1 heterocycles. The number of rotatable bonds is 7. The van der Waals surface area contributed by atoms with Gasteiger partial charge in [-0.1, -0.05) is 12.1 Å². The van der Waals surface area contributed by atoms with Gasteiger partial charge in [-0.2, -0.15) is 0 Å². The van der Waals surface area contributed by atoms with Gasteiger partial charge in [-0.3, -0.25) is 9.78 Å². The topological polar surface area (TPSA) is 78.9 Å². The van der Waals surface area contributed by atoms with Crippen LogP contribution in [0.4, 0.5) is 5.69 Å². The van der Waals surface area contributed by atoms with Gasteiger partial charge in [-0.25, -0.2) is 0 Å². The van der Waals surface area contributed by atoms with Crippen LogP contribution in [-0.4, -0.2) is 39.3 Å². The maximum absolute atomic E-state index is 12.8. The highest BCUT2D eigenvalue weighted by atomic mass is 16.5. The summed E-state index contributed by atoms with van der Waals surface area (Å²) in [6, 6.07) is 12.7. The van der Waals surface area contributed by atoms with E-state index in [1.807, 2.05) is 24.3 Å². The second kappa shape index (κ2) is 8.97. The van der Waals surface area contributed by atoms with Gasteiger partial charge >= 0.3 is 0 Å². The van der Waals surface area contributed by atoms with Crippen molar-refractivity contribution in [2.75, 3.05) is 33.8 Å². The Morgan fingerprint density at radius 3 is 2.00 bits per heavy atom. The number of nitrogens with zero attached hydrogens (tertiary/aromatic N) is 1. The monoisotopic (exact) mass is 394 g/mol. The van der Waals surface area contributed by atoms with Gasteiger partial charge in [0, 0.05) is 35.8 Å². The lowest BCUT2D eigenvalue weighted by molar-refractivity contribution is 0.102. The van der Waals surface area contributed by atoms with Crippen molar-refractivity contribution in [2.24, 2.45) is 0 Å². The predicted molar refractivity (Wildman–Crippen MR) is 110 cm³/mol. The zero-order chi connectivity index (χ0) is 20.8. The Bertz CT molecular complexity index is 977. The molecule has 0 saturated carbocycles. The van der Waals surface area contributed by atoms with Gasteiger partial charge in [-0.05, 0) is 23.8 Å². The number of pyridine rings is 1. The van der Waals surface area contributed by atoms with Crippen LogP contribution < -0.4 is 24.3 Å². The fraction of sp³-hybridized carbons (Fsp3) is 0.182. The molecule has 1 amide bonds. The highest BCUT2D eigenvalue weighted by Gasteiger charge is 2.15. The Balaban J connectivity index is 1.86. The molecule has 0 aliphatic carbocycles. The minimum absolute atomic E-state index is 0.304. The van der Waals surface area contributed by atoms with Crippen molar-refractivity contribution in [1.82, 2.24) is 4.98 Å². The molecule has 3 aromatic rings. The fourth-order valence-corrected chi connectivity index (χ4v) is 2.86. The largest absolute Gasteiger partial charge is 0.497 e. The normalized spacial score (nSPS) is 10.2. The van der Waals surface area contributed by atoms with E-state index in [9.17, 15) is 4.79 Å². The maximum atomic E-state index is 12.8. The van der Waals surface area contributed by atoms with E-state index in [-0.39, 0.29) is 5.91 Å². The number of nitrogens with one attached hydrogen (secondary N) is 1. The molecule has 150 valence electrons. The minimum Gasteiger partial charge on any atom is -0.497 e. The number of hydrogen-bond donors (Lipinski definition) is 1. The van der Waals surface area contributed by atoms with E-state index in [2.05, 4.69) is 10.3 Å². The minimum atomic E-state index is -0.304. The molecule has 0 aliphatic rings. The zero-order valence-corrected chi connectivity index (χ0v) is 16.7. The smallest absolute Gasteiger partial charge is 0.257 e. The standard InChI is InChI=1S/C22H22N2O5/c1-26-18-7-5-14(6-8-18)15-9-16(13-23-12-15)22(25)24-17-10-19(27-2)21(29-4)20(11-17)28-3/h5-13H,1-4H3,(H,24,25). The van der Waals surface area contributed by atoms with Gasteiger partial charge in [0.25, 0.3) is 5.91 Å². The summed E-state index contributed by atoms with van der Waals surface area (Å²) in [6.07, 6.45) is 3.22. The summed E-state index contributed by atoms with van der Waals surface area (Å²) >= 11 is 0. The van der Waals surface area contributed by atoms with Crippen LogP contribution in [0.5, 0.6) is 23.0 Å². The lowest BCUT2D eigenvalue weighted by Gasteiger charge is -2.14. The molecule has 2 aromatic carbocycles. The summed E-state index contributed by atoms with van der Waals surface area (Å²) in [6.45, 7) is 0. The highest BCUT2D eigenvalue weighted by Crippen LogP contribution is 2.40. The molecule has 7 heteroatoms. The number of amides is 1. The molecular weight excluding hydrogens is 372 g/mol. The molecule has 1 aromatic heterocycles. The molecule has 0 atom stereocenters. The van der Waals surface area contributed by atoms with E-state index in [1.54, 1.807) is 31.5 Å². The number of carbonyl (C=O) groups is 1. The van der Waals surface area contributed by atoms with Gasteiger partial charge in [0.2, 0.25) is 5.75 Å². The lowest BCUT2D eigenvalue weighted by Crippen LogP contribution is -2.12. The number of methoxy groups -OCH3 is 4. The van der Waals surface area contributed by atoms with Crippen molar-refractivity contribution in [3.8, 4) is 34.1 Å². The second-order valence-corrected chi connectivity index (χ2v) is 6.06. The number of hydrogen-bond acceptors (Lipinski definition) is 6. The van der Waals surface area contributed by atoms with Crippen LogP contribution >= 0.6 is 0 Å². The fourth-order valence-electron chi connectivity index (χ4n) is 2.86. The number of ether oxygens (including phenoxy) is 4. The highest BCUT2D eigenvalue weighted by molar-refractivity contribution is 6.05. The van der Waals surface area contributed by atoms with Gasteiger partial charge in [0.1, 0.15) is 5.75 Å². The van der Waals surface area contributed by atoms with Gasteiger partial charge in [-0.15, -0.1) is 0 Å². The molecule has 0 spiro atoms. The van der Waals surface area contributed by atoms with E-state index in [0.717, 1.165) is 16.9 Å². The predicted octanol–water partition coefficient (Wildman–Crippen LogP) is 4.04. The van der Waals surface area contributed by atoms with Crippen LogP contribution in [0.3, 0.4) is 0 Å². The van der Waals surface area contributed by atoms with E-state index in [0.29, 0.717) is 28.5 Å². The van der Waals surface area contributed by atoms with E-state index >= 15 is 0 Å². The molecule has 29 heavy (non-hydrogen) atoms. The molecule has 7 nitrogen and oxygen atoms in total. The average molecular weight is 394 g/mol. The third-order valence-corrected chi connectivity index (χ3v) is 4.35. The van der Waals surface area contributed by atoms with Crippen LogP contribution in [0.1, 0.15) is 10.4 Å². The quantitative estimate of drug-likeness (QED) is 0.652. The first-order chi connectivity index (χ1) is 14.1. The summed E-state index contributed by atoms with van der Waals surface area (Å²) in [7, 11) is 6.18. The molecule has 0 radical (unpaired) electrons. The molecule has 0 bridgehead atoms. The van der Waals surface area contributed by atoms with Crippen molar-refractivity contribution in [2.45, 2.75) is 0 Å². The molecule has 3 rings (SSSR count). The van der Waals surface area contributed by atoms with Crippen molar-refractivity contribution in [3.05, 3.63) is 60.4 Å². The summed E-state index contributed by atoms with van der Waals surface area (Å²) in [5.41, 5.74) is 2.69. The van der Waals surface area contributed by atoms with Gasteiger partial charge < -0.3 is 24.3 Å². The summed E-state index contributed by atoms with van der Waals surface area (Å²) in [5, 5.41) is 2.84. The van der Waals surface area contributed by atoms with E-state index in [4.69, 9.17) is 18.9 Å². The Morgan fingerprint density at radius 1 is 0.793 bits per heavy atom. The lowest BCUT2D eigenvalue weighted by atomic mass is 10.1. The van der Waals surface area contributed by atoms with Crippen molar-refractivity contribution in [1.29, 1.82) is 0 Å². The maximum Gasteiger partial charge on any atom is 0.257 e. The van der Waals surface area contributed by atoms with Crippen molar-refractivity contribution in [3.63, 3.8) is 0 Å². The first-order valence-electron chi connectivity index (χ1n) is 8.80. The molecule has 0 unspecified atom stereocenters. The Labute approximate surface area is 169 Å². The summed E-state index contributed by atoms with van der Waals surface area (Å²) < 4.78 is 21.1. The van der Waals surface area contributed by atoms with Crippen LogP contribution in [0.2, 0.25) is 0 Å². The molecule has 0 saturated heterocycles. The van der Waals surface area contributed by atoms with Crippen LogP contribution in [0.15, 0.2) is 54.9 Å². The first kappa shape index (κ1) is 20.0. The number of carbonyl (C=O) groups excluding carboxylic acids is 1. The molecule has 1 N–H and O–H groups in total. The van der Waals surface area contributed by atoms with Crippen LogP contribution in [0, 0.1) is 0 Å². The first-order valence-corrected chi connectivity index (χ1v) is 8.80. The number of benzene rings is 2. The molecule has 0 fully saturated rings. The number of anilines is 1. The molecule has 0 aliphatic heterocycles. The zero-order valence-electron chi connectivity index (χ0n) is 16.7. The van der Waals surface area contributed by atoms with Crippen molar-refractivity contribution < 1.29 is 23.7 Å². The van der Waals surface area contributed by atoms with E-state index in [1.165, 1.54) is 27.5 Å². The molecular formula is C22H22N2O5. The summed E-state index contributed by atoms with van der Waals surface area (Å²) in [4.78, 5) is 17.0. The average Bonchev–Trinajstić information content (AvgIpc) is 2.78. The third-order valence-electron chi connectivity index (χ3n) is 4.35. The van der Waals surface area contributed by atoms with Crippen LogP contribution in [0.25, 0.3) is 11.1 Å². The number of aromatic nitrogens is 1. The Morgan fingerprint density at radius 2 is 1.45 bits per heavy atom. The Hall–Kier alpha value is -3.74. The second-order valence-electron chi connectivity index (χ2n) is 6.06. The van der Waals surface area contributed by atoms with E-state index < -0.39 is 0 Å². The van der Waals surface area contributed by atoms with Crippen LogP contribution in [-0.2, 0) is 0 Å². The van der Waals surface area contributed by atoms with Crippen molar-refractivity contribution >= 4 is 11.6 Å². The Kier molecular flexibility index (Phi) is 6.19. The third kappa shape index (κ3) is 4.40. The summed E-state index contributed by atoms with van der Waals surface area (Å²) in [5.74, 6) is 1.82.